The molecule has 1 aliphatic carbocycles. The van der Waals surface area contributed by atoms with Crippen molar-refractivity contribution in [2.75, 3.05) is 26.3 Å². The highest BCUT2D eigenvalue weighted by molar-refractivity contribution is 6.50. The number of rotatable bonds is 7. The number of carbonyl (C=O) groups excluding carboxylic acids is 1. The summed E-state index contributed by atoms with van der Waals surface area (Å²) in [4.78, 5) is 14.4. The fourth-order valence-corrected chi connectivity index (χ4v) is 3.42. The van der Waals surface area contributed by atoms with Gasteiger partial charge < -0.3 is 15.0 Å². The number of nitrogens with one attached hydrogen (secondary N) is 1. The molecule has 0 radical (unpaired) electrons. The molecule has 3 unspecified atom stereocenters. The van der Waals surface area contributed by atoms with Gasteiger partial charge in [0.05, 0.1) is 19.3 Å². The Morgan fingerprint density at radius 1 is 1.43 bits per heavy atom. The number of halogens is 2. The van der Waals surface area contributed by atoms with Gasteiger partial charge in [0.15, 0.2) is 0 Å². The zero-order valence-electron chi connectivity index (χ0n) is 12.9. The van der Waals surface area contributed by atoms with E-state index in [1.54, 1.807) is 0 Å². The van der Waals surface area contributed by atoms with E-state index in [0.29, 0.717) is 38.3 Å². The molecule has 1 N–H and O–H groups in total. The van der Waals surface area contributed by atoms with E-state index in [1.165, 1.54) is 0 Å². The topological polar surface area (TPSA) is 41.6 Å². The third-order valence-electron chi connectivity index (χ3n) is 4.42. The Morgan fingerprint density at radius 2 is 2.05 bits per heavy atom. The van der Waals surface area contributed by atoms with Crippen LogP contribution in [0.3, 0.4) is 0 Å². The van der Waals surface area contributed by atoms with Gasteiger partial charge in [-0.15, -0.1) is 23.2 Å². The number of ether oxygens (including phenoxy) is 1. The summed E-state index contributed by atoms with van der Waals surface area (Å²) in [6.45, 7) is 6.87. The zero-order valence-corrected chi connectivity index (χ0v) is 14.4. The summed E-state index contributed by atoms with van der Waals surface area (Å²) < 4.78 is 4.80. The molecule has 21 heavy (non-hydrogen) atoms. The van der Waals surface area contributed by atoms with Crippen LogP contribution in [0.5, 0.6) is 0 Å². The van der Waals surface area contributed by atoms with Crippen molar-refractivity contribution in [1.29, 1.82) is 0 Å². The van der Waals surface area contributed by atoms with Crippen molar-refractivity contribution in [1.82, 2.24) is 10.2 Å². The van der Waals surface area contributed by atoms with Crippen molar-refractivity contribution in [3.63, 3.8) is 0 Å². The minimum absolute atomic E-state index is 0.103. The smallest absolute Gasteiger partial charge is 0.239 e. The molecule has 2 rings (SSSR count). The highest BCUT2D eigenvalue weighted by Crippen LogP contribution is 2.55. The molecule has 3 atom stereocenters. The average Bonchev–Trinajstić information content (AvgIpc) is 3.10. The van der Waals surface area contributed by atoms with E-state index in [1.807, 2.05) is 11.8 Å². The Hall–Kier alpha value is -0.0300. The summed E-state index contributed by atoms with van der Waals surface area (Å²) in [6.07, 6.45) is 3.72. The maximum atomic E-state index is 12.5. The van der Waals surface area contributed by atoms with Crippen molar-refractivity contribution in [3.05, 3.63) is 0 Å². The van der Waals surface area contributed by atoms with Crippen molar-refractivity contribution in [2.24, 2.45) is 5.92 Å². The van der Waals surface area contributed by atoms with E-state index >= 15 is 0 Å². The van der Waals surface area contributed by atoms with Crippen LogP contribution in [0.1, 0.15) is 39.5 Å². The molecular formula is C15H26Cl2N2O2. The number of carbonyl (C=O) groups is 1. The molecule has 1 heterocycles. The second-order valence-corrected chi connectivity index (χ2v) is 7.75. The van der Waals surface area contributed by atoms with Gasteiger partial charge in [0.2, 0.25) is 5.91 Å². The Bertz CT molecular complexity index is 360. The largest absolute Gasteiger partial charge is 0.378 e. The normalized spacial score (nSPS) is 27.2. The number of amides is 1. The molecule has 0 spiro atoms. The predicted molar refractivity (Wildman–Crippen MR) is 85.9 cm³/mol. The molecule has 2 aliphatic rings. The minimum Gasteiger partial charge on any atom is -0.378 e. The lowest BCUT2D eigenvalue weighted by molar-refractivity contribution is -0.137. The molecule has 0 aromatic carbocycles. The molecule has 1 amide bonds. The average molecular weight is 337 g/mol. The number of hydrogen-bond donors (Lipinski definition) is 1. The first-order chi connectivity index (χ1) is 9.94. The van der Waals surface area contributed by atoms with Crippen LogP contribution in [-0.4, -0.2) is 53.5 Å². The van der Waals surface area contributed by atoms with Gasteiger partial charge in [0, 0.05) is 19.1 Å². The minimum atomic E-state index is -0.493. The molecule has 6 heteroatoms. The maximum Gasteiger partial charge on any atom is 0.239 e. The molecule has 4 nitrogen and oxygen atoms in total. The van der Waals surface area contributed by atoms with Gasteiger partial charge in [-0.3, -0.25) is 4.79 Å². The number of nitrogens with zero attached hydrogens (tertiary/aromatic N) is 1. The summed E-state index contributed by atoms with van der Waals surface area (Å²) >= 11 is 12.1. The number of hydrogen-bond acceptors (Lipinski definition) is 3. The van der Waals surface area contributed by atoms with Gasteiger partial charge in [-0.1, -0.05) is 6.92 Å². The lowest BCUT2D eigenvalue weighted by atomic mass is 10.1. The molecule has 0 aromatic rings. The second kappa shape index (κ2) is 7.49. The number of morpholine rings is 1. The molecule has 2 fully saturated rings. The Morgan fingerprint density at radius 3 is 2.57 bits per heavy atom. The van der Waals surface area contributed by atoms with Gasteiger partial charge in [-0.2, -0.15) is 0 Å². The van der Waals surface area contributed by atoms with Crippen LogP contribution in [0.15, 0.2) is 0 Å². The monoisotopic (exact) mass is 336 g/mol. The van der Waals surface area contributed by atoms with Crippen LogP contribution in [-0.2, 0) is 9.53 Å². The standard InChI is InChI=1S/C15H26Cl2N2O2/c1-3-13(14(20)19-6-8-21-9-7-19)18-11(2)4-5-12-10-15(12,16)17/h11-13,18H,3-10H2,1-2H3. The highest BCUT2D eigenvalue weighted by Gasteiger charge is 2.50. The van der Waals surface area contributed by atoms with E-state index in [2.05, 4.69) is 12.2 Å². The van der Waals surface area contributed by atoms with Gasteiger partial charge in [0.25, 0.3) is 0 Å². The summed E-state index contributed by atoms with van der Waals surface area (Å²) in [7, 11) is 0. The number of alkyl halides is 2. The Kier molecular flexibility index (Phi) is 6.18. The van der Waals surface area contributed by atoms with E-state index in [4.69, 9.17) is 27.9 Å². The van der Waals surface area contributed by atoms with Crippen LogP contribution in [0, 0.1) is 5.92 Å². The van der Waals surface area contributed by atoms with Crippen molar-refractivity contribution >= 4 is 29.1 Å². The lowest BCUT2D eigenvalue weighted by Gasteiger charge is -2.31. The van der Waals surface area contributed by atoms with Crippen LogP contribution in [0.25, 0.3) is 0 Å². The first kappa shape index (κ1) is 17.3. The molecular weight excluding hydrogens is 311 g/mol. The molecule has 1 aliphatic heterocycles. The lowest BCUT2D eigenvalue weighted by Crippen LogP contribution is -2.52. The fourth-order valence-electron chi connectivity index (χ4n) is 2.83. The Balaban J connectivity index is 1.73. The van der Waals surface area contributed by atoms with E-state index < -0.39 is 4.33 Å². The zero-order chi connectivity index (χ0) is 15.5. The van der Waals surface area contributed by atoms with Crippen molar-refractivity contribution in [3.8, 4) is 0 Å². The SMILES string of the molecule is CCC(NC(C)CCC1CC1(Cl)Cl)C(=O)N1CCOCC1. The van der Waals surface area contributed by atoms with Gasteiger partial charge in [-0.05, 0) is 38.5 Å². The third-order valence-corrected chi connectivity index (χ3v) is 5.34. The first-order valence-corrected chi connectivity index (χ1v) is 8.70. The van der Waals surface area contributed by atoms with Crippen LogP contribution in [0.4, 0.5) is 0 Å². The van der Waals surface area contributed by atoms with E-state index in [0.717, 1.165) is 25.7 Å². The summed E-state index contributed by atoms with van der Waals surface area (Å²) in [6, 6.07) is 0.193. The van der Waals surface area contributed by atoms with E-state index in [-0.39, 0.29) is 11.9 Å². The first-order valence-electron chi connectivity index (χ1n) is 7.94. The molecule has 0 bridgehead atoms. The molecule has 1 saturated carbocycles. The molecule has 122 valence electrons. The van der Waals surface area contributed by atoms with Crippen LogP contribution < -0.4 is 5.32 Å². The fraction of sp³-hybridized carbons (Fsp3) is 0.933. The maximum absolute atomic E-state index is 12.5. The van der Waals surface area contributed by atoms with Crippen LogP contribution >= 0.6 is 23.2 Å². The summed E-state index contributed by atoms with van der Waals surface area (Å²) in [5.41, 5.74) is 0. The molecule has 1 saturated heterocycles. The highest BCUT2D eigenvalue weighted by atomic mass is 35.5. The van der Waals surface area contributed by atoms with Crippen molar-refractivity contribution in [2.45, 2.75) is 55.9 Å². The van der Waals surface area contributed by atoms with Crippen molar-refractivity contribution < 1.29 is 9.53 Å². The summed E-state index contributed by atoms with van der Waals surface area (Å²) in [5.74, 6) is 0.614. The predicted octanol–water partition coefficient (Wildman–Crippen LogP) is 2.58. The van der Waals surface area contributed by atoms with E-state index in [9.17, 15) is 4.79 Å². The quantitative estimate of drug-likeness (QED) is 0.726. The second-order valence-electron chi connectivity index (χ2n) is 6.21. The third kappa shape index (κ3) is 4.98. The molecule has 0 aromatic heterocycles. The van der Waals surface area contributed by atoms with Crippen LogP contribution in [0.2, 0.25) is 0 Å². The van der Waals surface area contributed by atoms with Gasteiger partial charge in [-0.25, -0.2) is 0 Å². The summed E-state index contributed by atoms with van der Waals surface area (Å²) in [5, 5.41) is 3.46. The Labute approximate surface area is 137 Å². The van der Waals surface area contributed by atoms with Gasteiger partial charge in [0.1, 0.15) is 4.33 Å². The van der Waals surface area contributed by atoms with Gasteiger partial charge >= 0.3 is 0 Å².